The highest BCUT2D eigenvalue weighted by Crippen LogP contribution is 2.21. The van der Waals surface area contributed by atoms with E-state index in [0.717, 1.165) is 5.56 Å². The number of hydrogen-bond donors (Lipinski definition) is 1. The molecule has 1 amide bonds. The fourth-order valence-corrected chi connectivity index (χ4v) is 2.28. The van der Waals surface area contributed by atoms with Gasteiger partial charge in [0, 0.05) is 6.54 Å². The molecule has 0 saturated carbocycles. The topological polar surface area (TPSA) is 66.8 Å². The first-order valence-electron chi connectivity index (χ1n) is 7.92. The van der Waals surface area contributed by atoms with Gasteiger partial charge in [-0.2, -0.15) is 0 Å². The monoisotopic (exact) mass is 321 g/mol. The minimum Gasteiger partial charge on any atom is -0.480 e. The fourth-order valence-electron chi connectivity index (χ4n) is 2.28. The average Bonchev–Trinajstić information content (AvgIpc) is 2.45. The molecule has 5 heteroatoms. The third-order valence-corrected chi connectivity index (χ3v) is 3.60. The maximum atomic E-state index is 12.6. The Bertz CT molecular complexity index is 522. The van der Waals surface area contributed by atoms with Crippen molar-refractivity contribution in [3.8, 4) is 0 Å². The number of carbonyl (C=O) groups excluding carboxylic acids is 1. The van der Waals surface area contributed by atoms with Crippen molar-refractivity contribution in [1.29, 1.82) is 0 Å². The van der Waals surface area contributed by atoms with Crippen LogP contribution in [0.2, 0.25) is 0 Å². The van der Waals surface area contributed by atoms with Crippen LogP contribution in [0.15, 0.2) is 30.3 Å². The van der Waals surface area contributed by atoms with Gasteiger partial charge in [0.2, 0.25) is 0 Å². The van der Waals surface area contributed by atoms with E-state index in [1.54, 1.807) is 20.8 Å². The molecule has 128 valence electrons. The van der Waals surface area contributed by atoms with Crippen LogP contribution >= 0.6 is 0 Å². The number of benzene rings is 1. The Balaban J connectivity index is 3.13. The number of nitrogens with zero attached hydrogens (tertiary/aromatic N) is 1. The molecule has 2 atom stereocenters. The molecule has 1 N–H and O–H groups in total. The zero-order valence-electron chi connectivity index (χ0n) is 14.6. The number of ether oxygens (including phenoxy) is 1. The molecule has 0 radical (unpaired) electrons. The van der Waals surface area contributed by atoms with Crippen LogP contribution in [0.25, 0.3) is 0 Å². The van der Waals surface area contributed by atoms with Crippen molar-refractivity contribution in [2.24, 2.45) is 5.92 Å². The summed E-state index contributed by atoms with van der Waals surface area (Å²) in [7, 11) is 0. The van der Waals surface area contributed by atoms with Gasteiger partial charge < -0.3 is 9.84 Å². The zero-order chi connectivity index (χ0) is 17.6. The molecule has 1 aromatic rings. The Morgan fingerprint density at radius 3 is 2.22 bits per heavy atom. The number of carboxylic acid groups (broad SMARTS) is 1. The van der Waals surface area contributed by atoms with Crippen LogP contribution in [-0.4, -0.2) is 33.7 Å². The van der Waals surface area contributed by atoms with Crippen LogP contribution in [-0.2, 0) is 16.1 Å². The van der Waals surface area contributed by atoms with E-state index in [-0.39, 0.29) is 12.5 Å². The van der Waals surface area contributed by atoms with Crippen LogP contribution in [0.1, 0.15) is 46.6 Å². The van der Waals surface area contributed by atoms with E-state index in [4.69, 9.17) is 4.74 Å². The van der Waals surface area contributed by atoms with E-state index in [9.17, 15) is 14.7 Å². The molecule has 1 aromatic carbocycles. The molecule has 0 aliphatic carbocycles. The van der Waals surface area contributed by atoms with Gasteiger partial charge in [0.1, 0.15) is 11.6 Å². The van der Waals surface area contributed by atoms with E-state index < -0.39 is 23.7 Å². The fraction of sp³-hybridized carbons (Fsp3) is 0.556. The zero-order valence-corrected chi connectivity index (χ0v) is 14.6. The SMILES string of the molecule is CC[C@@H](C)[C@H](C(=O)O)N(Cc1ccccc1)C(=O)OC(C)(C)C. The number of aliphatic carboxylic acids is 1. The van der Waals surface area contributed by atoms with Crippen LogP contribution in [0.4, 0.5) is 4.79 Å². The van der Waals surface area contributed by atoms with Crippen molar-refractivity contribution in [1.82, 2.24) is 4.90 Å². The quantitative estimate of drug-likeness (QED) is 0.862. The van der Waals surface area contributed by atoms with E-state index >= 15 is 0 Å². The van der Waals surface area contributed by atoms with Crippen LogP contribution < -0.4 is 0 Å². The van der Waals surface area contributed by atoms with Gasteiger partial charge in [0.05, 0.1) is 0 Å². The first-order chi connectivity index (χ1) is 10.7. The number of amides is 1. The van der Waals surface area contributed by atoms with Crippen molar-refractivity contribution < 1.29 is 19.4 Å². The smallest absolute Gasteiger partial charge is 0.411 e. The number of rotatable bonds is 6. The minimum absolute atomic E-state index is 0.177. The van der Waals surface area contributed by atoms with Gasteiger partial charge in [-0.15, -0.1) is 0 Å². The molecular weight excluding hydrogens is 294 g/mol. The van der Waals surface area contributed by atoms with Gasteiger partial charge in [0.25, 0.3) is 0 Å². The van der Waals surface area contributed by atoms with Crippen molar-refractivity contribution in [3.63, 3.8) is 0 Å². The standard InChI is InChI=1S/C18H27NO4/c1-6-13(2)15(16(20)21)19(17(22)23-18(3,4)5)12-14-10-8-7-9-11-14/h7-11,13,15H,6,12H2,1-5H3,(H,20,21)/t13-,15-/m1/s1. The van der Waals surface area contributed by atoms with Crippen molar-refractivity contribution in [2.45, 2.75) is 59.2 Å². The first kappa shape index (κ1) is 19.0. The summed E-state index contributed by atoms with van der Waals surface area (Å²) in [5, 5.41) is 9.62. The molecule has 1 rings (SSSR count). The lowest BCUT2D eigenvalue weighted by molar-refractivity contribution is -0.145. The molecule has 0 unspecified atom stereocenters. The number of hydrogen-bond acceptors (Lipinski definition) is 3. The molecule has 0 heterocycles. The summed E-state index contributed by atoms with van der Waals surface area (Å²) in [4.78, 5) is 25.6. The third kappa shape index (κ3) is 5.93. The molecule has 0 bridgehead atoms. The Hall–Kier alpha value is -2.04. The highest BCUT2D eigenvalue weighted by atomic mass is 16.6. The molecule has 0 aliphatic rings. The lowest BCUT2D eigenvalue weighted by atomic mass is 9.97. The molecule has 5 nitrogen and oxygen atoms in total. The third-order valence-electron chi connectivity index (χ3n) is 3.60. The summed E-state index contributed by atoms with van der Waals surface area (Å²) < 4.78 is 5.42. The maximum Gasteiger partial charge on any atom is 0.411 e. The van der Waals surface area contributed by atoms with Gasteiger partial charge in [-0.25, -0.2) is 9.59 Å². The summed E-state index contributed by atoms with van der Waals surface area (Å²) in [5.41, 5.74) is 0.192. The Morgan fingerprint density at radius 2 is 1.78 bits per heavy atom. The van der Waals surface area contributed by atoms with Crippen molar-refractivity contribution >= 4 is 12.1 Å². The normalized spacial score (nSPS) is 14.0. The van der Waals surface area contributed by atoms with Crippen molar-refractivity contribution in [2.75, 3.05) is 0 Å². The molecule has 0 fully saturated rings. The Labute approximate surface area is 138 Å². The van der Waals surface area contributed by atoms with Gasteiger partial charge in [-0.3, -0.25) is 4.90 Å². The maximum absolute atomic E-state index is 12.6. The van der Waals surface area contributed by atoms with E-state index in [1.807, 2.05) is 44.2 Å². The van der Waals surface area contributed by atoms with Crippen LogP contribution in [0.5, 0.6) is 0 Å². The molecule has 0 spiro atoms. The highest BCUT2D eigenvalue weighted by Gasteiger charge is 2.36. The van der Waals surface area contributed by atoms with E-state index in [1.165, 1.54) is 4.90 Å². The van der Waals surface area contributed by atoms with E-state index in [0.29, 0.717) is 6.42 Å². The lowest BCUT2D eigenvalue weighted by Gasteiger charge is -2.34. The van der Waals surface area contributed by atoms with Gasteiger partial charge in [-0.05, 0) is 32.3 Å². The summed E-state index contributed by atoms with van der Waals surface area (Å²) in [6, 6.07) is 8.42. The molecular formula is C18H27NO4. The van der Waals surface area contributed by atoms with Gasteiger partial charge in [-0.1, -0.05) is 50.6 Å². The molecule has 0 aromatic heterocycles. The van der Waals surface area contributed by atoms with Crippen LogP contribution in [0, 0.1) is 5.92 Å². The second-order valence-corrected chi connectivity index (χ2v) is 6.76. The minimum atomic E-state index is -1.01. The summed E-state index contributed by atoms with van der Waals surface area (Å²) in [6.45, 7) is 9.26. The lowest BCUT2D eigenvalue weighted by Crippen LogP contribution is -2.49. The number of carboxylic acids is 1. The summed E-state index contributed by atoms with van der Waals surface area (Å²) in [6.07, 6.45) is 0.0551. The molecule has 0 saturated heterocycles. The Morgan fingerprint density at radius 1 is 1.22 bits per heavy atom. The molecule has 0 aliphatic heterocycles. The predicted molar refractivity (Wildman–Crippen MR) is 89.1 cm³/mol. The summed E-state index contributed by atoms with van der Waals surface area (Å²) >= 11 is 0. The largest absolute Gasteiger partial charge is 0.480 e. The van der Waals surface area contributed by atoms with Crippen LogP contribution in [0.3, 0.4) is 0 Å². The predicted octanol–water partition coefficient (Wildman–Crippen LogP) is 3.92. The average molecular weight is 321 g/mol. The first-order valence-corrected chi connectivity index (χ1v) is 7.92. The second-order valence-electron chi connectivity index (χ2n) is 6.76. The highest BCUT2D eigenvalue weighted by molar-refractivity contribution is 5.80. The van der Waals surface area contributed by atoms with E-state index in [2.05, 4.69) is 0 Å². The summed E-state index contributed by atoms with van der Waals surface area (Å²) in [5.74, 6) is -1.19. The van der Waals surface area contributed by atoms with Crippen molar-refractivity contribution in [3.05, 3.63) is 35.9 Å². The van der Waals surface area contributed by atoms with Gasteiger partial charge in [0.15, 0.2) is 0 Å². The van der Waals surface area contributed by atoms with Gasteiger partial charge >= 0.3 is 12.1 Å². The number of carbonyl (C=O) groups is 2. The molecule has 23 heavy (non-hydrogen) atoms. The second kappa shape index (κ2) is 7.99. The Kier molecular flexibility index (Phi) is 6.61.